The molecule has 3 rings (SSSR count). The molecule has 1 aromatic carbocycles. The number of amides is 1. The summed E-state index contributed by atoms with van der Waals surface area (Å²) in [5.74, 6) is 2.32. The summed E-state index contributed by atoms with van der Waals surface area (Å²) < 4.78 is 5.42. The van der Waals surface area contributed by atoms with Crippen molar-refractivity contribution < 1.29 is 9.53 Å². The maximum atomic E-state index is 12.4. The van der Waals surface area contributed by atoms with Crippen LogP contribution in [0.1, 0.15) is 11.3 Å². The molecule has 0 bridgehead atoms. The van der Waals surface area contributed by atoms with Crippen LogP contribution in [0.3, 0.4) is 0 Å². The lowest BCUT2D eigenvalue weighted by molar-refractivity contribution is -0.130. The van der Waals surface area contributed by atoms with Crippen LogP contribution in [0.25, 0.3) is 0 Å². The second kappa shape index (κ2) is 9.97. The summed E-state index contributed by atoms with van der Waals surface area (Å²) in [6.07, 6.45) is 1.78. The number of halogens is 1. The van der Waals surface area contributed by atoms with Crippen LogP contribution in [0.4, 0.5) is 0 Å². The summed E-state index contributed by atoms with van der Waals surface area (Å²) in [4.78, 5) is 21.0. The standard InChI is InChI=1S/C20H24ClN3O2S/c1-26-19-6-5-17(21)12-16(19)13-23-8-10-24(11-9-23)20(25)15-27-14-18-4-2-3-7-22-18/h2-7,12H,8-11,13-15H2,1H3. The molecule has 1 amide bonds. The van der Waals surface area contributed by atoms with E-state index in [9.17, 15) is 4.79 Å². The largest absolute Gasteiger partial charge is 0.496 e. The van der Waals surface area contributed by atoms with Crippen molar-refractivity contribution in [3.63, 3.8) is 0 Å². The summed E-state index contributed by atoms with van der Waals surface area (Å²) in [6, 6.07) is 11.5. The maximum Gasteiger partial charge on any atom is 0.232 e. The Kier molecular flexibility index (Phi) is 7.38. The van der Waals surface area contributed by atoms with E-state index in [1.807, 2.05) is 41.3 Å². The van der Waals surface area contributed by atoms with Crippen molar-refractivity contribution in [1.29, 1.82) is 0 Å². The second-order valence-electron chi connectivity index (χ2n) is 6.43. The van der Waals surface area contributed by atoms with Gasteiger partial charge < -0.3 is 9.64 Å². The van der Waals surface area contributed by atoms with E-state index in [1.54, 1.807) is 25.1 Å². The van der Waals surface area contributed by atoms with Crippen molar-refractivity contribution in [3.05, 3.63) is 58.9 Å². The minimum atomic E-state index is 0.205. The molecule has 1 saturated heterocycles. The summed E-state index contributed by atoms with van der Waals surface area (Å²) in [5, 5.41) is 0.713. The zero-order valence-electron chi connectivity index (χ0n) is 15.4. The molecule has 7 heteroatoms. The van der Waals surface area contributed by atoms with Crippen LogP contribution >= 0.6 is 23.4 Å². The first kappa shape index (κ1) is 20.0. The topological polar surface area (TPSA) is 45.7 Å². The zero-order chi connectivity index (χ0) is 19.1. The van der Waals surface area contributed by atoms with Crippen LogP contribution in [0, 0.1) is 0 Å². The molecule has 2 aromatic rings. The van der Waals surface area contributed by atoms with Gasteiger partial charge in [0.05, 0.1) is 18.6 Å². The zero-order valence-corrected chi connectivity index (χ0v) is 17.0. The summed E-state index contributed by atoms with van der Waals surface area (Å²) >= 11 is 7.73. The molecule has 0 saturated carbocycles. The number of ether oxygens (including phenoxy) is 1. The number of carbonyl (C=O) groups is 1. The van der Waals surface area contributed by atoms with Crippen molar-refractivity contribution in [2.75, 3.05) is 39.0 Å². The van der Waals surface area contributed by atoms with Gasteiger partial charge in [0.15, 0.2) is 0 Å². The summed E-state index contributed by atoms with van der Waals surface area (Å²) in [6.45, 7) is 4.00. The molecule has 0 unspecified atom stereocenters. The number of benzene rings is 1. The highest BCUT2D eigenvalue weighted by molar-refractivity contribution is 7.99. The molecule has 0 N–H and O–H groups in total. The summed E-state index contributed by atoms with van der Waals surface area (Å²) in [7, 11) is 1.67. The molecule has 5 nitrogen and oxygen atoms in total. The Labute approximate surface area is 169 Å². The molecule has 2 heterocycles. The van der Waals surface area contributed by atoms with Crippen LogP contribution in [0.5, 0.6) is 5.75 Å². The van der Waals surface area contributed by atoms with Gasteiger partial charge in [-0.05, 0) is 30.3 Å². The lowest BCUT2D eigenvalue weighted by Gasteiger charge is -2.35. The highest BCUT2D eigenvalue weighted by Gasteiger charge is 2.21. The second-order valence-corrected chi connectivity index (χ2v) is 7.85. The average molecular weight is 406 g/mol. The number of piperazine rings is 1. The Morgan fingerprint density at radius 1 is 1.22 bits per heavy atom. The van der Waals surface area contributed by atoms with Crippen molar-refractivity contribution in [2.24, 2.45) is 0 Å². The molecule has 27 heavy (non-hydrogen) atoms. The van der Waals surface area contributed by atoms with Crippen molar-refractivity contribution in [1.82, 2.24) is 14.8 Å². The van der Waals surface area contributed by atoms with E-state index in [2.05, 4.69) is 9.88 Å². The monoisotopic (exact) mass is 405 g/mol. The number of carbonyl (C=O) groups excluding carboxylic acids is 1. The van der Waals surface area contributed by atoms with E-state index in [0.29, 0.717) is 10.8 Å². The molecular formula is C20H24ClN3O2S. The van der Waals surface area contributed by atoms with Crippen molar-refractivity contribution in [3.8, 4) is 5.75 Å². The lowest BCUT2D eigenvalue weighted by Crippen LogP contribution is -2.48. The van der Waals surface area contributed by atoms with Gasteiger partial charge in [0.1, 0.15) is 5.75 Å². The molecule has 1 aliphatic rings. The third kappa shape index (κ3) is 5.86. The van der Waals surface area contributed by atoms with E-state index >= 15 is 0 Å². The van der Waals surface area contributed by atoms with Crippen molar-refractivity contribution >= 4 is 29.3 Å². The smallest absolute Gasteiger partial charge is 0.232 e. The van der Waals surface area contributed by atoms with Crippen LogP contribution in [0.2, 0.25) is 5.02 Å². The van der Waals surface area contributed by atoms with E-state index < -0.39 is 0 Å². The molecule has 0 atom stereocenters. The molecule has 1 fully saturated rings. The van der Waals surface area contributed by atoms with Crippen LogP contribution in [-0.2, 0) is 17.1 Å². The first-order chi connectivity index (χ1) is 13.2. The van der Waals surface area contributed by atoms with Crippen LogP contribution in [-0.4, -0.2) is 59.7 Å². The Hall–Kier alpha value is -1.76. The molecule has 0 aliphatic carbocycles. The fraction of sp³-hybridized carbons (Fsp3) is 0.400. The SMILES string of the molecule is COc1ccc(Cl)cc1CN1CCN(C(=O)CSCc2ccccn2)CC1. The molecule has 1 aliphatic heterocycles. The van der Waals surface area contributed by atoms with Crippen molar-refractivity contribution in [2.45, 2.75) is 12.3 Å². The Balaban J connectivity index is 1.43. The van der Waals surface area contributed by atoms with Gasteiger partial charge in [-0.3, -0.25) is 14.7 Å². The molecule has 1 aromatic heterocycles. The van der Waals surface area contributed by atoms with E-state index in [4.69, 9.17) is 16.3 Å². The Bertz CT molecular complexity index is 752. The van der Waals surface area contributed by atoms with E-state index in [1.165, 1.54) is 0 Å². The summed E-state index contributed by atoms with van der Waals surface area (Å²) in [5.41, 5.74) is 2.09. The van der Waals surface area contributed by atoms with Gasteiger partial charge in [0.2, 0.25) is 5.91 Å². The van der Waals surface area contributed by atoms with Gasteiger partial charge in [-0.25, -0.2) is 0 Å². The first-order valence-corrected chi connectivity index (χ1v) is 10.5. The highest BCUT2D eigenvalue weighted by atomic mass is 35.5. The van der Waals surface area contributed by atoms with Crippen LogP contribution < -0.4 is 4.74 Å². The van der Waals surface area contributed by atoms with E-state index in [0.717, 1.165) is 55.5 Å². The number of aromatic nitrogens is 1. The van der Waals surface area contributed by atoms with Gasteiger partial charge in [-0.1, -0.05) is 17.7 Å². The number of hydrogen-bond acceptors (Lipinski definition) is 5. The minimum absolute atomic E-state index is 0.205. The van der Waals surface area contributed by atoms with Gasteiger partial charge in [-0.15, -0.1) is 11.8 Å². The predicted molar refractivity (Wildman–Crippen MR) is 110 cm³/mol. The number of pyridine rings is 1. The minimum Gasteiger partial charge on any atom is -0.496 e. The third-order valence-corrected chi connectivity index (χ3v) is 5.75. The first-order valence-electron chi connectivity index (χ1n) is 8.96. The normalized spacial score (nSPS) is 15.0. The van der Waals surface area contributed by atoms with E-state index in [-0.39, 0.29) is 5.91 Å². The van der Waals surface area contributed by atoms with Gasteiger partial charge in [0.25, 0.3) is 0 Å². The van der Waals surface area contributed by atoms with Gasteiger partial charge in [0, 0.05) is 55.3 Å². The lowest BCUT2D eigenvalue weighted by atomic mass is 10.1. The maximum absolute atomic E-state index is 12.4. The average Bonchev–Trinajstić information content (AvgIpc) is 2.69. The quantitative estimate of drug-likeness (QED) is 0.707. The fourth-order valence-electron chi connectivity index (χ4n) is 3.08. The Morgan fingerprint density at radius 2 is 2.04 bits per heavy atom. The number of rotatable bonds is 7. The number of thioether (sulfide) groups is 1. The molecule has 144 valence electrons. The number of hydrogen-bond donors (Lipinski definition) is 0. The van der Waals surface area contributed by atoms with Gasteiger partial charge in [-0.2, -0.15) is 0 Å². The number of nitrogens with zero attached hydrogens (tertiary/aromatic N) is 3. The predicted octanol–water partition coefficient (Wildman–Crippen LogP) is 3.32. The Morgan fingerprint density at radius 3 is 2.74 bits per heavy atom. The highest BCUT2D eigenvalue weighted by Crippen LogP contribution is 2.24. The fourth-order valence-corrected chi connectivity index (χ4v) is 4.12. The molecule has 0 spiro atoms. The molecular weight excluding hydrogens is 382 g/mol. The third-order valence-electron chi connectivity index (χ3n) is 4.56. The van der Waals surface area contributed by atoms with Gasteiger partial charge >= 0.3 is 0 Å². The number of methoxy groups -OCH3 is 1. The molecule has 0 radical (unpaired) electrons. The van der Waals surface area contributed by atoms with Crippen LogP contribution in [0.15, 0.2) is 42.6 Å².